The van der Waals surface area contributed by atoms with Gasteiger partial charge in [-0.05, 0) is 36.4 Å². The highest BCUT2D eigenvalue weighted by Crippen LogP contribution is 2.24. The third-order valence-corrected chi connectivity index (χ3v) is 5.91. The van der Waals surface area contributed by atoms with E-state index >= 15 is 0 Å². The van der Waals surface area contributed by atoms with Crippen molar-refractivity contribution in [2.24, 2.45) is 14.1 Å². The van der Waals surface area contributed by atoms with Crippen LogP contribution in [0.15, 0.2) is 58.4 Å². The van der Waals surface area contributed by atoms with Crippen LogP contribution in [-0.4, -0.2) is 33.8 Å². The molecule has 4 aromatic rings. The maximum atomic E-state index is 14.3. The first kappa shape index (κ1) is 20.5. The van der Waals surface area contributed by atoms with Crippen molar-refractivity contribution in [3.05, 3.63) is 65.0 Å². The van der Waals surface area contributed by atoms with E-state index in [1.165, 1.54) is 21.3 Å². The van der Waals surface area contributed by atoms with Crippen LogP contribution in [-0.2, 0) is 23.9 Å². The standard InChI is InChI=1S/C20H19FN6O3S/c1-26-16-8-7-13(10-17(16)27(2)20(26)28)23-18-15(21)11-22-19(25-18)24-12-5-4-6-14(9-12)31(3,29)30/h4-11H,1-3H3,(H2,22,23,24,25). The molecular formula is C20H19FN6O3S. The molecule has 0 aliphatic heterocycles. The molecule has 9 nitrogen and oxygen atoms in total. The summed E-state index contributed by atoms with van der Waals surface area (Å²) >= 11 is 0. The Hall–Kier alpha value is -3.73. The minimum absolute atomic E-state index is 0.0722. The number of fused-ring (bicyclic) bond motifs is 1. The summed E-state index contributed by atoms with van der Waals surface area (Å²) in [6, 6.07) is 11.4. The van der Waals surface area contributed by atoms with Crippen LogP contribution < -0.4 is 16.3 Å². The van der Waals surface area contributed by atoms with E-state index in [9.17, 15) is 17.6 Å². The summed E-state index contributed by atoms with van der Waals surface area (Å²) in [5.74, 6) is -0.655. The third kappa shape index (κ3) is 3.99. The number of sulfone groups is 1. The molecule has 31 heavy (non-hydrogen) atoms. The molecule has 160 valence electrons. The monoisotopic (exact) mass is 442 g/mol. The Morgan fingerprint density at radius 3 is 2.42 bits per heavy atom. The lowest BCUT2D eigenvalue weighted by atomic mass is 10.2. The van der Waals surface area contributed by atoms with Gasteiger partial charge in [-0.3, -0.25) is 9.13 Å². The Morgan fingerprint density at radius 1 is 0.968 bits per heavy atom. The minimum atomic E-state index is -3.38. The Morgan fingerprint density at radius 2 is 1.68 bits per heavy atom. The van der Waals surface area contributed by atoms with Gasteiger partial charge in [0, 0.05) is 31.7 Å². The maximum Gasteiger partial charge on any atom is 0.328 e. The predicted octanol–water partition coefficient (Wildman–Crippen LogP) is 2.70. The van der Waals surface area contributed by atoms with Crippen molar-refractivity contribution in [3.8, 4) is 0 Å². The first-order valence-corrected chi connectivity index (χ1v) is 11.0. The molecule has 0 unspecified atom stereocenters. The number of hydrogen-bond donors (Lipinski definition) is 2. The Labute approximate surface area is 177 Å². The van der Waals surface area contributed by atoms with Crippen molar-refractivity contribution < 1.29 is 12.8 Å². The Balaban J connectivity index is 1.64. The zero-order chi connectivity index (χ0) is 22.3. The number of nitrogens with zero attached hydrogens (tertiary/aromatic N) is 4. The van der Waals surface area contributed by atoms with Gasteiger partial charge in [0.1, 0.15) is 0 Å². The number of halogens is 1. The van der Waals surface area contributed by atoms with Crippen LogP contribution in [0.25, 0.3) is 11.0 Å². The molecule has 0 bridgehead atoms. The number of anilines is 4. The summed E-state index contributed by atoms with van der Waals surface area (Å²) in [5.41, 5.74) is 2.25. The van der Waals surface area contributed by atoms with Crippen molar-refractivity contribution >= 4 is 44.0 Å². The lowest BCUT2D eigenvalue weighted by Crippen LogP contribution is -2.19. The smallest absolute Gasteiger partial charge is 0.328 e. The fourth-order valence-electron chi connectivity index (χ4n) is 3.17. The van der Waals surface area contributed by atoms with E-state index in [0.717, 1.165) is 18.0 Å². The van der Waals surface area contributed by atoms with Crippen LogP contribution in [0.5, 0.6) is 0 Å². The summed E-state index contributed by atoms with van der Waals surface area (Å²) < 4.78 is 40.8. The van der Waals surface area contributed by atoms with E-state index in [2.05, 4.69) is 20.6 Å². The van der Waals surface area contributed by atoms with Gasteiger partial charge < -0.3 is 10.6 Å². The van der Waals surface area contributed by atoms with Gasteiger partial charge in [-0.1, -0.05) is 6.07 Å². The number of hydrogen-bond acceptors (Lipinski definition) is 7. The summed E-state index contributed by atoms with van der Waals surface area (Å²) in [5, 5.41) is 5.77. The van der Waals surface area contributed by atoms with Crippen LogP contribution in [0, 0.1) is 5.82 Å². The first-order chi connectivity index (χ1) is 14.6. The molecule has 0 radical (unpaired) electrons. The van der Waals surface area contributed by atoms with Crippen LogP contribution in [0.3, 0.4) is 0 Å². The van der Waals surface area contributed by atoms with E-state index in [-0.39, 0.29) is 22.4 Å². The maximum absolute atomic E-state index is 14.3. The Bertz CT molecular complexity index is 1480. The highest BCUT2D eigenvalue weighted by atomic mass is 32.2. The van der Waals surface area contributed by atoms with Gasteiger partial charge in [-0.2, -0.15) is 4.98 Å². The van der Waals surface area contributed by atoms with Crippen molar-refractivity contribution in [1.29, 1.82) is 0 Å². The number of imidazole rings is 1. The molecule has 2 heterocycles. The molecule has 0 aliphatic carbocycles. The summed E-state index contributed by atoms with van der Waals surface area (Å²) in [7, 11) is -0.0370. The molecule has 0 spiro atoms. The second-order valence-corrected chi connectivity index (χ2v) is 9.06. The van der Waals surface area contributed by atoms with Gasteiger partial charge in [0.05, 0.1) is 22.1 Å². The molecular weight excluding hydrogens is 423 g/mol. The van der Waals surface area contributed by atoms with Crippen LogP contribution in [0.2, 0.25) is 0 Å². The van der Waals surface area contributed by atoms with Gasteiger partial charge >= 0.3 is 5.69 Å². The molecule has 0 atom stereocenters. The van der Waals surface area contributed by atoms with Crippen LogP contribution in [0.4, 0.5) is 27.5 Å². The number of benzene rings is 2. The van der Waals surface area contributed by atoms with E-state index in [1.54, 1.807) is 44.4 Å². The second kappa shape index (κ2) is 7.51. The van der Waals surface area contributed by atoms with Crippen molar-refractivity contribution in [2.75, 3.05) is 16.9 Å². The summed E-state index contributed by atoms with van der Waals surface area (Å²) in [6.45, 7) is 0. The van der Waals surface area contributed by atoms with E-state index in [0.29, 0.717) is 16.9 Å². The van der Waals surface area contributed by atoms with E-state index < -0.39 is 15.7 Å². The SMILES string of the molecule is Cn1c(=O)n(C)c2cc(Nc3nc(Nc4cccc(S(C)(=O)=O)c4)ncc3F)ccc21. The van der Waals surface area contributed by atoms with Crippen molar-refractivity contribution in [2.45, 2.75) is 4.90 Å². The zero-order valence-corrected chi connectivity index (χ0v) is 17.7. The average molecular weight is 442 g/mol. The van der Waals surface area contributed by atoms with Crippen molar-refractivity contribution in [3.63, 3.8) is 0 Å². The summed E-state index contributed by atoms with van der Waals surface area (Å²) in [6.07, 6.45) is 2.12. The predicted molar refractivity (Wildman–Crippen MR) is 116 cm³/mol. The molecule has 11 heteroatoms. The van der Waals surface area contributed by atoms with Gasteiger partial charge in [0.25, 0.3) is 0 Å². The van der Waals surface area contributed by atoms with E-state index in [4.69, 9.17) is 0 Å². The molecule has 2 aromatic heterocycles. The average Bonchev–Trinajstić information content (AvgIpc) is 2.94. The number of aryl methyl sites for hydroxylation is 2. The topological polar surface area (TPSA) is 111 Å². The largest absolute Gasteiger partial charge is 0.338 e. The van der Waals surface area contributed by atoms with Crippen LogP contribution in [0.1, 0.15) is 0 Å². The highest BCUT2D eigenvalue weighted by molar-refractivity contribution is 7.90. The van der Waals surface area contributed by atoms with Crippen molar-refractivity contribution in [1.82, 2.24) is 19.1 Å². The fourth-order valence-corrected chi connectivity index (χ4v) is 3.84. The number of rotatable bonds is 5. The van der Waals surface area contributed by atoms with E-state index in [1.807, 2.05) is 0 Å². The lowest BCUT2D eigenvalue weighted by molar-refractivity contribution is 0.602. The van der Waals surface area contributed by atoms with Crippen LogP contribution >= 0.6 is 0 Å². The highest BCUT2D eigenvalue weighted by Gasteiger charge is 2.12. The molecule has 2 N–H and O–H groups in total. The molecule has 0 saturated heterocycles. The fraction of sp³-hybridized carbons (Fsp3) is 0.150. The second-order valence-electron chi connectivity index (χ2n) is 7.04. The first-order valence-electron chi connectivity index (χ1n) is 9.15. The van der Waals surface area contributed by atoms with Gasteiger partial charge in [0.15, 0.2) is 21.5 Å². The van der Waals surface area contributed by atoms with Gasteiger partial charge in [0.2, 0.25) is 5.95 Å². The molecule has 0 fully saturated rings. The Kier molecular flexibility index (Phi) is 4.97. The minimum Gasteiger partial charge on any atom is -0.338 e. The summed E-state index contributed by atoms with van der Waals surface area (Å²) in [4.78, 5) is 20.3. The normalized spacial score (nSPS) is 11.6. The zero-order valence-electron chi connectivity index (χ0n) is 16.9. The number of aromatic nitrogens is 4. The molecule has 0 saturated carbocycles. The molecule has 0 amide bonds. The molecule has 4 rings (SSSR count). The van der Waals surface area contributed by atoms with Gasteiger partial charge in [-0.15, -0.1) is 0 Å². The molecule has 2 aromatic carbocycles. The number of nitrogens with one attached hydrogen (secondary N) is 2. The lowest BCUT2D eigenvalue weighted by Gasteiger charge is -2.10. The van der Waals surface area contributed by atoms with Gasteiger partial charge in [-0.25, -0.2) is 22.6 Å². The molecule has 0 aliphatic rings. The quantitative estimate of drug-likeness (QED) is 0.489. The third-order valence-electron chi connectivity index (χ3n) is 4.80.